The third kappa shape index (κ3) is 7.44. The van der Waals surface area contributed by atoms with Crippen molar-refractivity contribution in [3.63, 3.8) is 0 Å². The van der Waals surface area contributed by atoms with E-state index in [2.05, 4.69) is 97.1 Å². The predicted octanol–water partition coefficient (Wildman–Crippen LogP) is 18.3. The lowest BCUT2D eigenvalue weighted by Crippen LogP contribution is -2.11. The van der Waals surface area contributed by atoms with Gasteiger partial charge in [0.25, 0.3) is 0 Å². The van der Waals surface area contributed by atoms with Crippen LogP contribution in [-0.2, 0) is 6.18 Å². The van der Waals surface area contributed by atoms with Gasteiger partial charge in [0, 0.05) is 32.7 Å². The van der Waals surface area contributed by atoms with Crippen LogP contribution in [0.5, 0.6) is 0 Å². The van der Waals surface area contributed by atoms with E-state index in [1.54, 1.807) is 0 Å². The van der Waals surface area contributed by atoms with Gasteiger partial charge in [0.05, 0.1) is 50.4 Å². The molecule has 0 aliphatic heterocycles. The van der Waals surface area contributed by atoms with Crippen LogP contribution < -0.4 is 0 Å². The molecule has 342 valence electrons. The number of aromatic nitrogens is 3. The fraction of sp³-hybridized carbons (Fsp3) is 0.0152. The van der Waals surface area contributed by atoms with Gasteiger partial charge in [0.15, 0.2) is 0 Å². The second-order valence-electron chi connectivity index (χ2n) is 18.2. The van der Waals surface area contributed by atoms with Crippen LogP contribution >= 0.6 is 0 Å². The monoisotopic (exact) mass is 933 g/mol. The number of pyridine rings is 1. The largest absolute Gasteiger partial charge is 0.416 e. The molecule has 0 radical (unpaired) electrons. The van der Waals surface area contributed by atoms with Gasteiger partial charge in [0.1, 0.15) is 0 Å². The van der Waals surface area contributed by atoms with Crippen molar-refractivity contribution in [3.8, 4) is 78.4 Å². The SMILES string of the molecule is FC(F)(F)c1cc(-n2c3ccc(-c4ccccc4)cc3c3cc(-c4ccccc4)ccc32)c(-c2cccc(-c3ccccc3)n2)c(-n2c3ccc(-c4ccccc4)cc3c3cc(-c4ccccc4)ccc32)c1. The van der Waals surface area contributed by atoms with E-state index in [0.717, 1.165) is 93.7 Å². The molecule has 3 heterocycles. The third-order valence-corrected chi connectivity index (χ3v) is 13.9. The van der Waals surface area contributed by atoms with E-state index in [9.17, 15) is 0 Å². The van der Waals surface area contributed by atoms with Crippen molar-refractivity contribution in [3.05, 3.63) is 260 Å². The molecule has 6 heteroatoms. The smallest absolute Gasteiger partial charge is 0.308 e. The summed E-state index contributed by atoms with van der Waals surface area (Å²) >= 11 is 0. The molecule has 0 saturated heterocycles. The maximum Gasteiger partial charge on any atom is 0.416 e. The number of nitrogens with zero attached hydrogens (tertiary/aromatic N) is 3. The molecule has 0 bridgehead atoms. The summed E-state index contributed by atoms with van der Waals surface area (Å²) in [7, 11) is 0. The van der Waals surface area contributed by atoms with Crippen LogP contribution in [0.25, 0.3) is 122 Å². The van der Waals surface area contributed by atoms with Crippen LogP contribution in [0.3, 0.4) is 0 Å². The number of hydrogen-bond donors (Lipinski definition) is 0. The molecule has 10 aromatic carbocycles. The molecule has 0 unspecified atom stereocenters. The molecule has 0 fully saturated rings. The fourth-order valence-corrected chi connectivity index (χ4v) is 10.5. The maximum absolute atomic E-state index is 16.0. The Kier molecular flexibility index (Phi) is 10.3. The predicted molar refractivity (Wildman–Crippen MR) is 291 cm³/mol. The zero-order chi connectivity index (χ0) is 48.3. The molecule has 3 aromatic heterocycles. The van der Waals surface area contributed by atoms with Crippen molar-refractivity contribution in [1.29, 1.82) is 0 Å². The van der Waals surface area contributed by atoms with Gasteiger partial charge in [-0.1, -0.05) is 182 Å². The summed E-state index contributed by atoms with van der Waals surface area (Å²) in [4.78, 5) is 5.37. The summed E-state index contributed by atoms with van der Waals surface area (Å²) in [6.07, 6.45) is -4.72. The van der Waals surface area contributed by atoms with Crippen LogP contribution in [0, 0.1) is 0 Å². The molecule has 13 rings (SSSR count). The highest BCUT2D eigenvalue weighted by molar-refractivity contribution is 6.14. The van der Waals surface area contributed by atoms with Gasteiger partial charge in [-0.25, -0.2) is 4.98 Å². The standard InChI is InChI=1S/C66H42F3N3/c67-66(68,69)52-41-63(71-59-33-29-48(43-17-6-1-7-18-43)37-53(59)54-38-49(30-34-60(54)71)44-19-8-2-9-20-44)65(58-28-16-27-57(70-58)47-25-14-5-15-26-47)64(42-52)72-61-35-31-50(45-21-10-3-11-22-45)39-55(61)56-40-51(32-36-62(56)72)46-23-12-4-13-24-46/h1-42H. The van der Waals surface area contributed by atoms with Crippen molar-refractivity contribution >= 4 is 43.6 Å². The van der Waals surface area contributed by atoms with Crippen molar-refractivity contribution in [2.24, 2.45) is 0 Å². The number of rotatable bonds is 8. The van der Waals surface area contributed by atoms with Crippen LogP contribution in [0.4, 0.5) is 13.2 Å². The van der Waals surface area contributed by atoms with Gasteiger partial charge >= 0.3 is 6.18 Å². The topological polar surface area (TPSA) is 22.8 Å². The van der Waals surface area contributed by atoms with Gasteiger partial charge in [-0.05, 0) is 117 Å². The van der Waals surface area contributed by atoms with E-state index in [1.165, 1.54) is 12.1 Å². The molecule has 0 atom stereocenters. The average molecular weight is 934 g/mol. The molecule has 0 aliphatic rings. The second kappa shape index (κ2) is 17.3. The Morgan fingerprint density at radius 1 is 0.278 bits per heavy atom. The quantitative estimate of drug-likeness (QED) is 0.149. The summed E-state index contributed by atoms with van der Waals surface area (Å²) in [5, 5.41) is 3.66. The summed E-state index contributed by atoms with van der Waals surface area (Å²) in [5.41, 5.74) is 13.9. The van der Waals surface area contributed by atoms with Gasteiger partial charge in [-0.2, -0.15) is 13.2 Å². The Morgan fingerprint density at radius 2 is 0.583 bits per heavy atom. The molecule has 0 amide bonds. The van der Waals surface area contributed by atoms with E-state index in [0.29, 0.717) is 28.3 Å². The zero-order valence-electron chi connectivity index (χ0n) is 38.7. The highest BCUT2D eigenvalue weighted by Crippen LogP contribution is 2.47. The van der Waals surface area contributed by atoms with Gasteiger partial charge in [-0.15, -0.1) is 0 Å². The van der Waals surface area contributed by atoms with E-state index in [4.69, 9.17) is 4.98 Å². The Bertz CT molecular complexity index is 3750. The summed E-state index contributed by atoms with van der Waals surface area (Å²) in [6, 6.07) is 84.2. The van der Waals surface area contributed by atoms with E-state index < -0.39 is 11.7 Å². The highest BCUT2D eigenvalue weighted by Gasteiger charge is 2.35. The highest BCUT2D eigenvalue weighted by atomic mass is 19.4. The Labute approximate surface area is 414 Å². The van der Waals surface area contributed by atoms with Crippen LogP contribution in [0.1, 0.15) is 5.56 Å². The first kappa shape index (κ1) is 42.8. The normalized spacial score (nSPS) is 11.8. The molecule has 0 spiro atoms. The zero-order valence-corrected chi connectivity index (χ0v) is 38.7. The van der Waals surface area contributed by atoms with Crippen LogP contribution in [0.15, 0.2) is 255 Å². The van der Waals surface area contributed by atoms with Gasteiger partial charge < -0.3 is 9.13 Å². The number of alkyl halides is 3. The minimum absolute atomic E-state index is 0.356. The van der Waals surface area contributed by atoms with Crippen LogP contribution in [-0.4, -0.2) is 14.1 Å². The van der Waals surface area contributed by atoms with Crippen molar-refractivity contribution in [2.45, 2.75) is 6.18 Å². The molecule has 0 aliphatic carbocycles. The Morgan fingerprint density at radius 3 is 0.903 bits per heavy atom. The molecule has 3 nitrogen and oxygen atoms in total. The van der Waals surface area contributed by atoms with Crippen molar-refractivity contribution in [1.82, 2.24) is 14.1 Å². The number of halogens is 3. The molecule has 72 heavy (non-hydrogen) atoms. The van der Waals surface area contributed by atoms with Crippen molar-refractivity contribution < 1.29 is 13.2 Å². The summed E-state index contributed by atoms with van der Waals surface area (Å²) in [6.45, 7) is 0. The summed E-state index contributed by atoms with van der Waals surface area (Å²) < 4.78 is 52.1. The maximum atomic E-state index is 16.0. The average Bonchev–Trinajstić information content (AvgIpc) is 3.95. The lowest BCUT2D eigenvalue weighted by Gasteiger charge is -2.22. The minimum atomic E-state index is -4.72. The molecule has 0 saturated carbocycles. The van der Waals surface area contributed by atoms with E-state index >= 15 is 13.2 Å². The van der Waals surface area contributed by atoms with E-state index in [1.807, 2.05) is 155 Å². The molecular weight excluding hydrogens is 892 g/mol. The molecule has 13 aromatic rings. The van der Waals surface area contributed by atoms with E-state index in [-0.39, 0.29) is 0 Å². The second-order valence-corrected chi connectivity index (χ2v) is 18.2. The molecular formula is C66H42F3N3. The molecule has 0 N–H and O–H groups in total. The minimum Gasteiger partial charge on any atom is -0.308 e. The Balaban J connectivity index is 1.18. The van der Waals surface area contributed by atoms with Crippen LogP contribution in [0.2, 0.25) is 0 Å². The number of hydrogen-bond acceptors (Lipinski definition) is 1. The fourth-order valence-electron chi connectivity index (χ4n) is 10.5. The van der Waals surface area contributed by atoms with Crippen molar-refractivity contribution in [2.75, 3.05) is 0 Å². The lowest BCUT2D eigenvalue weighted by molar-refractivity contribution is -0.137. The Hall–Kier alpha value is -9.26. The summed E-state index contributed by atoms with van der Waals surface area (Å²) in [5.74, 6) is 0. The number of fused-ring (bicyclic) bond motifs is 6. The first-order valence-corrected chi connectivity index (χ1v) is 24.0. The number of benzene rings is 10. The van der Waals surface area contributed by atoms with Gasteiger partial charge in [0.2, 0.25) is 0 Å². The van der Waals surface area contributed by atoms with Gasteiger partial charge in [-0.3, -0.25) is 0 Å². The lowest BCUT2D eigenvalue weighted by atomic mass is 9.99. The third-order valence-electron chi connectivity index (χ3n) is 13.9. The first-order chi connectivity index (χ1) is 35.3. The first-order valence-electron chi connectivity index (χ1n) is 24.0.